The van der Waals surface area contributed by atoms with Gasteiger partial charge in [0.2, 0.25) is 17.7 Å². The lowest BCUT2D eigenvalue weighted by Crippen LogP contribution is -2.58. The van der Waals surface area contributed by atoms with Gasteiger partial charge in [0.05, 0.1) is 27.9 Å². The largest absolute Gasteiger partial charge is 0.391 e. The number of hydrogen-bond donors (Lipinski definition) is 5. The first-order valence-electron chi connectivity index (χ1n) is 29.5. The SMILES string of the molecule is Cc1ncsc1-c1ccc(CNC(=O)[C@@H]2C[C@@H](O)CN2C(=O)C(NC(=O)CC(C)(C)CC(C)(C)CCN2CCN(C(=O)c3ccc(Nc4nc(-c5cccc(NC(=O)c6ccc(C(C)(C)C)cc6)c5C)cn(C)c4=O)cc3)CC2)C(C)(C)C)cc1. The van der Waals surface area contributed by atoms with Crippen LogP contribution in [-0.4, -0.2) is 121 Å². The molecule has 8 rings (SSSR count). The molecular formula is C67H86N10O7S. The molecule has 5 amide bonds. The van der Waals surface area contributed by atoms with E-state index in [4.69, 9.17) is 4.98 Å². The smallest absolute Gasteiger partial charge is 0.293 e. The molecule has 5 N–H and O–H groups in total. The third kappa shape index (κ3) is 16.1. The number of rotatable bonds is 19. The molecule has 2 aliphatic heterocycles. The van der Waals surface area contributed by atoms with Crippen molar-refractivity contribution in [2.24, 2.45) is 23.3 Å². The van der Waals surface area contributed by atoms with Gasteiger partial charge in [0.15, 0.2) is 5.82 Å². The van der Waals surface area contributed by atoms with Crippen molar-refractivity contribution in [2.75, 3.05) is 49.9 Å². The highest BCUT2D eigenvalue weighted by Crippen LogP contribution is 2.39. The van der Waals surface area contributed by atoms with Gasteiger partial charge in [0.25, 0.3) is 17.4 Å². The average Bonchev–Trinajstić information content (AvgIpc) is 4.16. The average molecular weight is 1180 g/mol. The van der Waals surface area contributed by atoms with E-state index in [1.54, 1.807) is 48.8 Å². The molecule has 6 aromatic rings. The number of amides is 5. The molecule has 1 unspecified atom stereocenters. The van der Waals surface area contributed by atoms with Crippen molar-refractivity contribution >= 4 is 58.1 Å². The highest BCUT2D eigenvalue weighted by Gasteiger charge is 2.45. The van der Waals surface area contributed by atoms with Gasteiger partial charge in [-0.3, -0.25) is 33.7 Å². The standard InChI is InChI=1S/C67H86N10O7S/c1-42-51(15-14-16-52(42)72-59(80)46-21-25-48(26-22-46)64(3,4)5)53-39-74(13)63(84)58(71-53)70-49-27-23-47(24-28-49)61(82)76-33-31-75(32-34-76)30-29-66(9,10)40-67(11,12)36-55(79)73-57(65(6,7)8)62(83)77-38-50(78)35-54(77)60(81)68-37-44-17-19-45(20-18-44)56-43(2)69-41-85-56/h14-28,39,41,50,54,57,78H,29-38,40H2,1-13H3,(H,68,81)(H,70,71)(H,72,80)(H,73,79)/t50-,54+,57?/m1/s1. The minimum absolute atomic E-state index is 0.00126. The number of aliphatic hydroxyl groups excluding tert-OH is 1. The summed E-state index contributed by atoms with van der Waals surface area (Å²) in [4.78, 5) is 98.4. The topological polar surface area (TPSA) is 211 Å². The van der Waals surface area contributed by atoms with Crippen LogP contribution in [0.3, 0.4) is 0 Å². The highest BCUT2D eigenvalue weighted by molar-refractivity contribution is 7.13. The molecule has 18 heteroatoms. The zero-order valence-electron chi connectivity index (χ0n) is 51.8. The Morgan fingerprint density at radius 3 is 2.08 bits per heavy atom. The number of nitrogens with zero attached hydrogens (tertiary/aromatic N) is 6. The Kier molecular flexibility index (Phi) is 19.4. The molecule has 85 heavy (non-hydrogen) atoms. The summed E-state index contributed by atoms with van der Waals surface area (Å²) in [7, 11) is 1.67. The third-order valence-electron chi connectivity index (χ3n) is 16.4. The van der Waals surface area contributed by atoms with Crippen LogP contribution in [0, 0.1) is 30.1 Å². The van der Waals surface area contributed by atoms with Crippen LogP contribution in [0.1, 0.15) is 138 Å². The van der Waals surface area contributed by atoms with Crippen molar-refractivity contribution in [3.05, 3.63) is 147 Å². The van der Waals surface area contributed by atoms with E-state index in [1.807, 2.05) is 112 Å². The Balaban J connectivity index is 0.793. The van der Waals surface area contributed by atoms with Gasteiger partial charge in [-0.25, -0.2) is 9.97 Å². The molecule has 2 saturated heterocycles. The van der Waals surface area contributed by atoms with Crippen LogP contribution >= 0.6 is 11.3 Å². The molecule has 17 nitrogen and oxygen atoms in total. The van der Waals surface area contributed by atoms with Gasteiger partial charge in [-0.2, -0.15) is 0 Å². The molecule has 452 valence electrons. The first-order chi connectivity index (χ1) is 39.9. The summed E-state index contributed by atoms with van der Waals surface area (Å²) in [5.74, 6) is -1.16. The van der Waals surface area contributed by atoms with E-state index in [0.717, 1.165) is 70.9 Å². The van der Waals surface area contributed by atoms with Crippen LogP contribution in [0.5, 0.6) is 0 Å². The number of likely N-dealkylation sites (tertiary alicyclic amines) is 1. The van der Waals surface area contributed by atoms with Crippen molar-refractivity contribution in [2.45, 2.75) is 139 Å². The maximum absolute atomic E-state index is 14.4. The van der Waals surface area contributed by atoms with Crippen molar-refractivity contribution in [1.82, 2.24) is 39.9 Å². The first kappa shape index (κ1) is 63.5. The number of aryl methyl sites for hydroxylation is 2. The Morgan fingerprint density at radius 2 is 1.46 bits per heavy atom. The molecule has 0 spiro atoms. The predicted octanol–water partition coefficient (Wildman–Crippen LogP) is 10.3. The molecule has 0 radical (unpaired) electrons. The molecular weight excluding hydrogens is 1090 g/mol. The predicted molar refractivity (Wildman–Crippen MR) is 338 cm³/mol. The summed E-state index contributed by atoms with van der Waals surface area (Å²) in [5, 5.41) is 23.0. The number of hydrogen-bond acceptors (Lipinski definition) is 12. The number of aliphatic hydroxyl groups is 1. The Bertz CT molecular complexity index is 3440. The number of carbonyl (C=O) groups is 5. The van der Waals surface area contributed by atoms with E-state index >= 15 is 0 Å². The van der Waals surface area contributed by atoms with Crippen molar-refractivity contribution in [3.8, 4) is 21.7 Å². The minimum Gasteiger partial charge on any atom is -0.391 e. The quantitative estimate of drug-likeness (QED) is 0.0515. The Hall–Kier alpha value is -7.54. The number of β-amino-alcohol motifs (C(OH)–C–C–N with tert-alkyl or cyclic N) is 1. The summed E-state index contributed by atoms with van der Waals surface area (Å²) in [6, 6.07) is 26.4. The molecule has 0 bridgehead atoms. The summed E-state index contributed by atoms with van der Waals surface area (Å²) in [5.41, 5.74) is 8.71. The molecule has 0 saturated carbocycles. The van der Waals surface area contributed by atoms with E-state index in [2.05, 4.69) is 79.6 Å². The maximum atomic E-state index is 14.4. The second-order valence-corrected chi connectivity index (χ2v) is 27.7. The summed E-state index contributed by atoms with van der Waals surface area (Å²) in [6.45, 7) is 28.2. The molecule has 4 heterocycles. The van der Waals surface area contributed by atoms with Crippen molar-refractivity contribution < 1.29 is 29.1 Å². The van der Waals surface area contributed by atoms with Gasteiger partial charge < -0.3 is 40.7 Å². The zero-order valence-corrected chi connectivity index (χ0v) is 52.6. The lowest BCUT2D eigenvalue weighted by Gasteiger charge is -2.39. The second kappa shape index (κ2) is 26.0. The Labute approximate surface area is 505 Å². The normalized spacial score (nSPS) is 16.4. The van der Waals surface area contributed by atoms with Crippen LogP contribution in [0.2, 0.25) is 0 Å². The maximum Gasteiger partial charge on any atom is 0.293 e. The number of aromatic nitrogens is 3. The molecule has 2 fully saturated rings. The summed E-state index contributed by atoms with van der Waals surface area (Å²) in [6.07, 6.45) is 2.73. The van der Waals surface area contributed by atoms with Crippen molar-refractivity contribution in [3.63, 3.8) is 0 Å². The van der Waals surface area contributed by atoms with Gasteiger partial charge in [0, 0.05) is 93.4 Å². The molecule has 2 aliphatic rings. The van der Waals surface area contributed by atoms with Gasteiger partial charge in [-0.1, -0.05) is 118 Å². The lowest BCUT2D eigenvalue weighted by atomic mass is 9.71. The number of thiazole rings is 1. The van der Waals surface area contributed by atoms with Crippen molar-refractivity contribution in [1.29, 1.82) is 0 Å². The van der Waals surface area contributed by atoms with Crippen LogP contribution in [0.15, 0.2) is 107 Å². The first-order valence-corrected chi connectivity index (χ1v) is 30.4. The van der Waals surface area contributed by atoms with Crippen LogP contribution in [0.25, 0.3) is 21.7 Å². The lowest BCUT2D eigenvalue weighted by molar-refractivity contribution is -0.144. The number of piperazine rings is 1. The fourth-order valence-electron chi connectivity index (χ4n) is 11.7. The second-order valence-electron chi connectivity index (χ2n) is 26.9. The minimum atomic E-state index is -0.925. The molecule has 4 aromatic carbocycles. The van der Waals surface area contributed by atoms with E-state index in [9.17, 15) is 33.9 Å². The fourth-order valence-corrected chi connectivity index (χ4v) is 12.5. The van der Waals surface area contributed by atoms with E-state index in [1.165, 1.54) is 9.47 Å². The fraction of sp³-hybridized carbons (Fsp3) is 0.463. The zero-order chi connectivity index (χ0) is 61.8. The monoisotopic (exact) mass is 1170 g/mol. The summed E-state index contributed by atoms with van der Waals surface area (Å²) < 4.78 is 1.47. The highest BCUT2D eigenvalue weighted by atomic mass is 32.1. The van der Waals surface area contributed by atoms with Crippen LogP contribution < -0.4 is 26.8 Å². The van der Waals surface area contributed by atoms with Crippen LogP contribution in [-0.2, 0) is 33.4 Å². The number of nitrogens with one attached hydrogen (secondary N) is 4. The van der Waals surface area contributed by atoms with E-state index in [0.29, 0.717) is 41.3 Å². The van der Waals surface area contributed by atoms with Gasteiger partial charge >= 0.3 is 0 Å². The number of benzene rings is 4. The summed E-state index contributed by atoms with van der Waals surface area (Å²) >= 11 is 1.58. The molecule has 3 atom stereocenters. The van der Waals surface area contributed by atoms with Gasteiger partial charge in [-0.05, 0) is 120 Å². The number of anilines is 3. The molecule has 2 aromatic heterocycles. The molecule has 0 aliphatic carbocycles. The van der Waals surface area contributed by atoms with E-state index < -0.39 is 34.9 Å². The number of carbonyl (C=O) groups excluding carboxylic acids is 5. The van der Waals surface area contributed by atoms with Crippen LogP contribution in [0.4, 0.5) is 17.2 Å². The third-order valence-corrected chi connectivity index (χ3v) is 17.4. The van der Waals surface area contributed by atoms with E-state index in [-0.39, 0.29) is 71.8 Å². The Morgan fingerprint density at radius 1 is 0.800 bits per heavy atom. The van der Waals surface area contributed by atoms with Gasteiger partial charge in [0.1, 0.15) is 12.1 Å². The van der Waals surface area contributed by atoms with Gasteiger partial charge in [-0.15, -0.1) is 11.3 Å².